The standard InChI is InChI=1S/C11H17N3OS2/c1-4-11(5-2,10(12)16)14-9(15)8-7(3)13-6-17-8/h6H,4-5H2,1-3H3,(H2,12,16)(H,14,15). The largest absolute Gasteiger partial charge is 0.391 e. The number of nitrogens with zero attached hydrogens (tertiary/aromatic N) is 1. The fourth-order valence-electron chi connectivity index (χ4n) is 1.63. The van der Waals surface area contributed by atoms with Gasteiger partial charge in [-0.2, -0.15) is 0 Å². The monoisotopic (exact) mass is 271 g/mol. The van der Waals surface area contributed by atoms with Crippen LogP contribution in [0, 0.1) is 6.92 Å². The molecule has 0 aliphatic heterocycles. The minimum Gasteiger partial charge on any atom is -0.391 e. The molecule has 0 bridgehead atoms. The number of nitrogens with one attached hydrogen (secondary N) is 1. The second-order valence-corrected chi connectivity index (χ2v) is 5.17. The van der Waals surface area contributed by atoms with Gasteiger partial charge in [0.2, 0.25) is 0 Å². The number of hydrogen-bond acceptors (Lipinski definition) is 4. The van der Waals surface area contributed by atoms with Gasteiger partial charge in [0.05, 0.1) is 21.7 Å². The number of amides is 1. The van der Waals surface area contributed by atoms with Crippen LogP contribution in [0.1, 0.15) is 42.1 Å². The van der Waals surface area contributed by atoms with E-state index < -0.39 is 5.54 Å². The Morgan fingerprint density at radius 2 is 2.18 bits per heavy atom. The predicted octanol–water partition coefficient (Wildman–Crippen LogP) is 2.03. The summed E-state index contributed by atoms with van der Waals surface area (Å²) in [6.07, 6.45) is 1.37. The molecular weight excluding hydrogens is 254 g/mol. The highest BCUT2D eigenvalue weighted by molar-refractivity contribution is 7.80. The molecule has 1 aromatic rings. The summed E-state index contributed by atoms with van der Waals surface area (Å²) in [5.74, 6) is -0.151. The molecule has 1 aromatic heterocycles. The third-order valence-corrected chi connectivity index (χ3v) is 4.30. The molecule has 3 N–H and O–H groups in total. The van der Waals surface area contributed by atoms with Gasteiger partial charge in [-0.3, -0.25) is 4.79 Å². The molecule has 0 aliphatic carbocycles. The van der Waals surface area contributed by atoms with E-state index in [1.54, 1.807) is 5.51 Å². The molecule has 1 amide bonds. The number of carbonyl (C=O) groups is 1. The van der Waals surface area contributed by atoms with Crippen LogP contribution in [0.25, 0.3) is 0 Å². The van der Waals surface area contributed by atoms with Crippen molar-refractivity contribution >= 4 is 34.5 Å². The quantitative estimate of drug-likeness (QED) is 0.804. The molecule has 0 saturated heterocycles. The number of aryl methyl sites for hydroxylation is 1. The molecule has 0 fully saturated rings. The summed E-state index contributed by atoms with van der Waals surface area (Å²) in [6.45, 7) is 5.73. The molecule has 0 atom stereocenters. The highest BCUT2D eigenvalue weighted by atomic mass is 32.1. The number of rotatable bonds is 5. The van der Waals surface area contributed by atoms with Gasteiger partial charge in [-0.1, -0.05) is 26.1 Å². The number of hydrogen-bond donors (Lipinski definition) is 2. The lowest BCUT2D eigenvalue weighted by Crippen LogP contribution is -2.55. The van der Waals surface area contributed by atoms with Crippen molar-refractivity contribution in [2.75, 3.05) is 0 Å². The second kappa shape index (κ2) is 5.55. The maximum Gasteiger partial charge on any atom is 0.264 e. The molecule has 6 heteroatoms. The molecule has 0 radical (unpaired) electrons. The van der Waals surface area contributed by atoms with Crippen molar-refractivity contribution in [2.24, 2.45) is 5.73 Å². The van der Waals surface area contributed by atoms with Crippen molar-refractivity contribution in [3.63, 3.8) is 0 Å². The van der Waals surface area contributed by atoms with E-state index in [1.165, 1.54) is 11.3 Å². The first-order valence-electron chi connectivity index (χ1n) is 5.49. The average molecular weight is 271 g/mol. The number of nitrogens with two attached hydrogens (primary N) is 1. The Morgan fingerprint density at radius 3 is 2.53 bits per heavy atom. The maximum absolute atomic E-state index is 12.1. The van der Waals surface area contributed by atoms with E-state index in [9.17, 15) is 4.79 Å². The summed E-state index contributed by atoms with van der Waals surface area (Å²) >= 11 is 6.38. The molecule has 0 aromatic carbocycles. The first-order valence-corrected chi connectivity index (χ1v) is 6.78. The Labute approximate surface area is 111 Å². The molecule has 0 spiro atoms. The van der Waals surface area contributed by atoms with E-state index in [1.807, 2.05) is 20.8 Å². The lowest BCUT2D eigenvalue weighted by atomic mass is 9.92. The van der Waals surface area contributed by atoms with Crippen molar-refractivity contribution in [1.82, 2.24) is 10.3 Å². The van der Waals surface area contributed by atoms with Gasteiger partial charge < -0.3 is 11.1 Å². The summed E-state index contributed by atoms with van der Waals surface area (Å²) in [6, 6.07) is 0. The first kappa shape index (κ1) is 14.1. The summed E-state index contributed by atoms with van der Waals surface area (Å²) in [5.41, 5.74) is 7.53. The van der Waals surface area contributed by atoms with E-state index in [0.717, 1.165) is 5.69 Å². The number of carbonyl (C=O) groups excluding carboxylic acids is 1. The van der Waals surface area contributed by atoms with Gasteiger partial charge in [-0.25, -0.2) is 4.98 Å². The average Bonchev–Trinajstić information content (AvgIpc) is 2.72. The molecule has 0 aliphatic rings. The van der Waals surface area contributed by atoms with E-state index in [2.05, 4.69) is 10.3 Å². The Bertz CT molecular complexity index is 424. The lowest BCUT2D eigenvalue weighted by molar-refractivity contribution is 0.0923. The van der Waals surface area contributed by atoms with Crippen molar-refractivity contribution in [2.45, 2.75) is 39.2 Å². The smallest absolute Gasteiger partial charge is 0.264 e. The van der Waals surface area contributed by atoms with Crippen molar-refractivity contribution in [3.05, 3.63) is 16.1 Å². The third kappa shape index (κ3) is 2.81. The predicted molar refractivity (Wildman–Crippen MR) is 74.4 cm³/mol. The van der Waals surface area contributed by atoms with E-state index >= 15 is 0 Å². The zero-order valence-corrected chi connectivity index (χ0v) is 11.9. The van der Waals surface area contributed by atoms with Gasteiger partial charge in [-0.15, -0.1) is 11.3 Å². The molecule has 17 heavy (non-hydrogen) atoms. The van der Waals surface area contributed by atoms with Crippen LogP contribution in [0.5, 0.6) is 0 Å². The molecule has 4 nitrogen and oxygen atoms in total. The molecule has 94 valence electrons. The van der Waals surface area contributed by atoms with Crippen LogP contribution in [0.2, 0.25) is 0 Å². The van der Waals surface area contributed by atoms with Crippen LogP contribution < -0.4 is 11.1 Å². The Morgan fingerprint density at radius 1 is 1.59 bits per heavy atom. The SMILES string of the molecule is CCC(CC)(NC(=O)c1scnc1C)C(N)=S. The fourth-order valence-corrected chi connectivity index (χ4v) is 2.67. The summed E-state index contributed by atoms with van der Waals surface area (Å²) < 4.78 is 0. The second-order valence-electron chi connectivity index (χ2n) is 3.87. The van der Waals surface area contributed by atoms with Crippen molar-refractivity contribution < 1.29 is 4.79 Å². The van der Waals surface area contributed by atoms with Gasteiger partial charge in [0, 0.05) is 0 Å². The van der Waals surface area contributed by atoms with E-state index in [4.69, 9.17) is 18.0 Å². The van der Waals surface area contributed by atoms with Crippen LogP contribution in [0.15, 0.2) is 5.51 Å². The topological polar surface area (TPSA) is 68.0 Å². The molecule has 0 unspecified atom stereocenters. The fraction of sp³-hybridized carbons (Fsp3) is 0.545. The van der Waals surface area contributed by atoms with Crippen molar-refractivity contribution in [1.29, 1.82) is 0 Å². The minimum atomic E-state index is -0.594. The van der Waals surface area contributed by atoms with Gasteiger partial charge in [-0.05, 0) is 19.8 Å². The summed E-state index contributed by atoms with van der Waals surface area (Å²) in [4.78, 5) is 17.1. The maximum atomic E-state index is 12.1. The van der Waals surface area contributed by atoms with Crippen LogP contribution in [-0.4, -0.2) is 21.4 Å². The molecule has 1 heterocycles. The zero-order chi connectivity index (χ0) is 13.1. The van der Waals surface area contributed by atoms with Gasteiger partial charge >= 0.3 is 0 Å². The minimum absolute atomic E-state index is 0.151. The van der Waals surface area contributed by atoms with E-state index in [-0.39, 0.29) is 5.91 Å². The van der Waals surface area contributed by atoms with Crippen LogP contribution >= 0.6 is 23.6 Å². The van der Waals surface area contributed by atoms with Crippen LogP contribution in [-0.2, 0) is 0 Å². The first-order chi connectivity index (χ1) is 7.96. The summed E-state index contributed by atoms with van der Waals surface area (Å²) in [5, 5.41) is 2.94. The molecule has 1 rings (SSSR count). The number of thiazole rings is 1. The Hall–Kier alpha value is -1.01. The van der Waals surface area contributed by atoms with Crippen LogP contribution in [0.4, 0.5) is 0 Å². The summed E-state index contributed by atoms with van der Waals surface area (Å²) in [7, 11) is 0. The highest BCUT2D eigenvalue weighted by Gasteiger charge is 2.32. The van der Waals surface area contributed by atoms with Gasteiger partial charge in [0.25, 0.3) is 5.91 Å². The van der Waals surface area contributed by atoms with Gasteiger partial charge in [0.15, 0.2) is 0 Å². The van der Waals surface area contributed by atoms with Gasteiger partial charge in [0.1, 0.15) is 4.88 Å². The Kier molecular flexibility index (Phi) is 4.59. The third-order valence-electron chi connectivity index (χ3n) is 2.98. The Balaban J connectivity index is 2.93. The highest BCUT2D eigenvalue weighted by Crippen LogP contribution is 2.19. The van der Waals surface area contributed by atoms with Crippen LogP contribution in [0.3, 0.4) is 0 Å². The number of thiocarbonyl (C=S) groups is 1. The van der Waals surface area contributed by atoms with E-state index in [0.29, 0.717) is 22.7 Å². The van der Waals surface area contributed by atoms with Crippen molar-refractivity contribution in [3.8, 4) is 0 Å². The molecule has 0 saturated carbocycles. The molecular formula is C11H17N3OS2. The lowest BCUT2D eigenvalue weighted by Gasteiger charge is -2.31. The normalized spacial score (nSPS) is 11.2. The zero-order valence-electron chi connectivity index (χ0n) is 10.2. The number of aromatic nitrogens is 1.